The predicted octanol–water partition coefficient (Wildman–Crippen LogP) is -1.20. The minimum atomic E-state index is -0.349. The maximum atomic E-state index is 11.1. The number of ether oxygens (including phenoxy) is 2. The van der Waals surface area contributed by atoms with Crippen LogP contribution in [-0.4, -0.2) is 51.8 Å². The standard InChI is InChI=1S/C10H17N3O4/c1-16-6-7-17-8-10(15)13-5-4-12-9(14)2-3-11/h2,4-8H2,1H3,(H,12,14)(H,13,15). The largest absolute Gasteiger partial charge is 0.382 e. The molecule has 7 nitrogen and oxygen atoms in total. The Kier molecular flexibility index (Phi) is 9.80. The minimum Gasteiger partial charge on any atom is -0.382 e. The summed E-state index contributed by atoms with van der Waals surface area (Å²) in [6.07, 6.45) is -0.173. The summed E-state index contributed by atoms with van der Waals surface area (Å²) in [5, 5.41) is 13.2. The fourth-order valence-corrected chi connectivity index (χ4v) is 0.896. The molecule has 0 atom stereocenters. The van der Waals surface area contributed by atoms with E-state index in [0.717, 1.165) is 0 Å². The summed E-state index contributed by atoms with van der Waals surface area (Å²) in [4.78, 5) is 22.0. The van der Waals surface area contributed by atoms with E-state index in [1.165, 1.54) is 0 Å². The Balaban J connectivity index is 3.33. The van der Waals surface area contributed by atoms with Crippen LogP contribution in [0.1, 0.15) is 6.42 Å². The second-order valence-electron chi connectivity index (χ2n) is 3.08. The van der Waals surface area contributed by atoms with E-state index in [0.29, 0.717) is 26.3 Å². The van der Waals surface area contributed by atoms with E-state index < -0.39 is 0 Å². The maximum absolute atomic E-state index is 11.1. The number of nitrogens with zero attached hydrogens (tertiary/aromatic N) is 1. The Hall–Kier alpha value is -1.65. The molecule has 0 heterocycles. The van der Waals surface area contributed by atoms with Crippen LogP contribution < -0.4 is 10.6 Å². The van der Waals surface area contributed by atoms with Crippen molar-refractivity contribution in [1.82, 2.24) is 10.6 Å². The van der Waals surface area contributed by atoms with Gasteiger partial charge in [-0.1, -0.05) is 0 Å². The molecular weight excluding hydrogens is 226 g/mol. The molecule has 0 aliphatic carbocycles. The fraction of sp³-hybridized carbons (Fsp3) is 0.700. The topological polar surface area (TPSA) is 100 Å². The molecule has 0 aliphatic rings. The molecule has 2 amide bonds. The quantitative estimate of drug-likeness (QED) is 0.495. The number of nitriles is 1. The molecule has 0 saturated carbocycles. The third-order valence-electron chi connectivity index (χ3n) is 1.67. The molecule has 96 valence electrons. The molecule has 2 N–H and O–H groups in total. The summed E-state index contributed by atoms with van der Waals surface area (Å²) in [7, 11) is 1.55. The first-order chi connectivity index (χ1) is 8.20. The van der Waals surface area contributed by atoms with Gasteiger partial charge in [0, 0.05) is 20.2 Å². The molecule has 0 aromatic rings. The third-order valence-corrected chi connectivity index (χ3v) is 1.67. The lowest BCUT2D eigenvalue weighted by molar-refractivity contribution is -0.126. The van der Waals surface area contributed by atoms with E-state index in [4.69, 9.17) is 14.7 Å². The van der Waals surface area contributed by atoms with Gasteiger partial charge in [0.25, 0.3) is 0 Å². The normalized spacial score (nSPS) is 9.41. The van der Waals surface area contributed by atoms with Crippen LogP contribution in [0.15, 0.2) is 0 Å². The monoisotopic (exact) mass is 243 g/mol. The third kappa shape index (κ3) is 10.6. The maximum Gasteiger partial charge on any atom is 0.246 e. The van der Waals surface area contributed by atoms with Gasteiger partial charge in [0.1, 0.15) is 13.0 Å². The number of rotatable bonds is 9. The number of amides is 2. The Morgan fingerprint density at radius 2 is 1.82 bits per heavy atom. The summed E-state index contributed by atoms with van der Waals surface area (Å²) < 4.78 is 9.73. The average molecular weight is 243 g/mol. The van der Waals surface area contributed by atoms with E-state index in [-0.39, 0.29) is 24.8 Å². The molecule has 0 unspecified atom stereocenters. The van der Waals surface area contributed by atoms with E-state index >= 15 is 0 Å². The van der Waals surface area contributed by atoms with Crippen LogP contribution >= 0.6 is 0 Å². The number of nitrogens with one attached hydrogen (secondary N) is 2. The highest BCUT2D eigenvalue weighted by atomic mass is 16.5. The first-order valence-electron chi connectivity index (χ1n) is 5.17. The lowest BCUT2D eigenvalue weighted by Gasteiger charge is -2.06. The van der Waals surface area contributed by atoms with Crippen molar-refractivity contribution >= 4 is 11.8 Å². The van der Waals surface area contributed by atoms with E-state index in [1.807, 2.05) is 0 Å². The second-order valence-corrected chi connectivity index (χ2v) is 3.08. The molecule has 0 saturated heterocycles. The Morgan fingerprint density at radius 3 is 2.41 bits per heavy atom. The van der Waals surface area contributed by atoms with Crippen LogP contribution in [-0.2, 0) is 19.1 Å². The smallest absolute Gasteiger partial charge is 0.246 e. The van der Waals surface area contributed by atoms with Gasteiger partial charge in [-0.05, 0) is 0 Å². The van der Waals surface area contributed by atoms with E-state index in [9.17, 15) is 9.59 Å². The van der Waals surface area contributed by atoms with Crippen molar-refractivity contribution in [2.45, 2.75) is 6.42 Å². The van der Waals surface area contributed by atoms with Crippen molar-refractivity contribution in [3.63, 3.8) is 0 Å². The van der Waals surface area contributed by atoms with Crippen molar-refractivity contribution in [2.24, 2.45) is 0 Å². The predicted molar refractivity (Wildman–Crippen MR) is 58.9 cm³/mol. The highest BCUT2D eigenvalue weighted by Crippen LogP contribution is 1.77. The molecule has 17 heavy (non-hydrogen) atoms. The Labute approximate surface area is 100 Å². The molecule has 0 bridgehead atoms. The molecule has 7 heteroatoms. The van der Waals surface area contributed by atoms with Gasteiger partial charge < -0.3 is 20.1 Å². The first-order valence-corrected chi connectivity index (χ1v) is 5.17. The van der Waals surface area contributed by atoms with Crippen molar-refractivity contribution in [3.05, 3.63) is 0 Å². The van der Waals surface area contributed by atoms with Crippen LogP contribution in [0.4, 0.5) is 0 Å². The molecule has 0 radical (unpaired) electrons. The van der Waals surface area contributed by atoms with Crippen molar-refractivity contribution < 1.29 is 19.1 Å². The van der Waals surface area contributed by atoms with Gasteiger partial charge in [-0.25, -0.2) is 0 Å². The van der Waals surface area contributed by atoms with Gasteiger partial charge in [-0.2, -0.15) is 5.26 Å². The molecular formula is C10H17N3O4. The number of carbonyl (C=O) groups is 2. The van der Waals surface area contributed by atoms with Crippen LogP contribution in [0.2, 0.25) is 0 Å². The Bertz CT molecular complexity index is 275. The van der Waals surface area contributed by atoms with E-state index in [1.54, 1.807) is 13.2 Å². The van der Waals surface area contributed by atoms with Gasteiger partial charge >= 0.3 is 0 Å². The molecule has 0 aromatic carbocycles. The second kappa shape index (κ2) is 10.9. The number of hydrogen-bond donors (Lipinski definition) is 2. The van der Waals surface area contributed by atoms with Crippen molar-refractivity contribution in [1.29, 1.82) is 5.26 Å². The Morgan fingerprint density at radius 1 is 1.18 bits per heavy atom. The van der Waals surface area contributed by atoms with Gasteiger partial charge in [0.15, 0.2) is 0 Å². The highest BCUT2D eigenvalue weighted by molar-refractivity contribution is 5.78. The molecule has 0 spiro atoms. The summed E-state index contributed by atoms with van der Waals surface area (Å²) in [6.45, 7) is 1.38. The van der Waals surface area contributed by atoms with Gasteiger partial charge in [-0.3, -0.25) is 9.59 Å². The van der Waals surface area contributed by atoms with E-state index in [2.05, 4.69) is 10.6 Å². The number of methoxy groups -OCH3 is 1. The van der Waals surface area contributed by atoms with Crippen LogP contribution in [0.5, 0.6) is 0 Å². The zero-order valence-corrected chi connectivity index (χ0v) is 9.82. The first kappa shape index (κ1) is 15.3. The average Bonchev–Trinajstić information content (AvgIpc) is 2.31. The lowest BCUT2D eigenvalue weighted by Crippen LogP contribution is -2.36. The highest BCUT2D eigenvalue weighted by Gasteiger charge is 2.01. The summed E-state index contributed by atoms with van der Waals surface area (Å²) >= 11 is 0. The zero-order valence-electron chi connectivity index (χ0n) is 9.82. The number of hydrogen-bond acceptors (Lipinski definition) is 5. The SMILES string of the molecule is COCCOCC(=O)NCCNC(=O)CC#N. The fourth-order valence-electron chi connectivity index (χ4n) is 0.896. The summed E-state index contributed by atoms with van der Waals surface area (Å²) in [5.74, 6) is -0.603. The zero-order chi connectivity index (χ0) is 12.9. The van der Waals surface area contributed by atoms with Crippen molar-refractivity contribution in [2.75, 3.05) is 40.0 Å². The summed E-state index contributed by atoms with van der Waals surface area (Å²) in [5.41, 5.74) is 0. The molecule has 0 fully saturated rings. The minimum absolute atomic E-state index is 0.0322. The molecule has 0 aliphatic heterocycles. The summed E-state index contributed by atoms with van der Waals surface area (Å²) in [6, 6.07) is 1.73. The van der Waals surface area contributed by atoms with Gasteiger partial charge in [0.05, 0.1) is 19.3 Å². The van der Waals surface area contributed by atoms with Crippen LogP contribution in [0, 0.1) is 11.3 Å². The van der Waals surface area contributed by atoms with Gasteiger partial charge in [0.2, 0.25) is 11.8 Å². The van der Waals surface area contributed by atoms with Gasteiger partial charge in [-0.15, -0.1) is 0 Å². The van der Waals surface area contributed by atoms with Crippen molar-refractivity contribution in [3.8, 4) is 6.07 Å². The van der Waals surface area contributed by atoms with Crippen LogP contribution in [0.3, 0.4) is 0 Å². The number of carbonyl (C=O) groups excluding carboxylic acids is 2. The molecule has 0 rings (SSSR count). The lowest BCUT2D eigenvalue weighted by atomic mass is 10.4. The van der Waals surface area contributed by atoms with Crippen LogP contribution in [0.25, 0.3) is 0 Å². The molecule has 0 aromatic heterocycles.